The minimum absolute atomic E-state index is 1.11. The fraction of sp³-hybridized carbons (Fsp3) is 0.0526. The van der Waals surface area contributed by atoms with Gasteiger partial charge in [-0.15, -0.1) is 0 Å². The lowest BCUT2D eigenvalue weighted by molar-refractivity contribution is 1.16. The average molecular weight is 368 g/mol. The molecule has 0 saturated heterocycles. The Bertz CT molecular complexity index is 842. The van der Waals surface area contributed by atoms with Crippen LogP contribution in [0, 0.1) is 6.92 Å². The van der Waals surface area contributed by atoms with E-state index in [1.807, 2.05) is 11.8 Å². The number of aryl methyl sites for hydroxylation is 1. The first kappa shape index (κ1) is 13.9. The van der Waals surface area contributed by atoms with E-state index >= 15 is 0 Å². The summed E-state index contributed by atoms with van der Waals surface area (Å²) in [7, 11) is 0. The summed E-state index contributed by atoms with van der Waals surface area (Å²) in [6.07, 6.45) is 0. The van der Waals surface area contributed by atoms with Crippen molar-refractivity contribution >= 4 is 44.8 Å². The van der Waals surface area contributed by atoms with Gasteiger partial charge in [-0.05, 0) is 49.4 Å². The lowest BCUT2D eigenvalue weighted by Crippen LogP contribution is -2.14. The zero-order chi connectivity index (χ0) is 15.1. The van der Waals surface area contributed by atoms with Crippen LogP contribution in [-0.4, -0.2) is 0 Å². The predicted molar refractivity (Wildman–Crippen MR) is 97.7 cm³/mol. The molecule has 0 N–H and O–H groups in total. The molecule has 0 spiro atoms. The topological polar surface area (TPSA) is 3.24 Å². The van der Waals surface area contributed by atoms with Crippen molar-refractivity contribution in [3.8, 4) is 0 Å². The van der Waals surface area contributed by atoms with Crippen LogP contribution in [0.4, 0.5) is 17.1 Å². The largest absolute Gasteiger partial charge is 0.308 e. The lowest BCUT2D eigenvalue weighted by atomic mass is 10.1. The molecule has 3 heteroatoms. The average Bonchev–Trinajstić information content (AvgIpc) is 2.53. The maximum atomic E-state index is 3.58. The molecule has 0 radical (unpaired) electrons. The number of benzene rings is 3. The maximum Gasteiger partial charge on any atom is 0.0602 e. The van der Waals surface area contributed by atoms with E-state index in [0.29, 0.717) is 0 Å². The quantitative estimate of drug-likeness (QED) is 0.368. The molecular formula is C19H14BrNS. The highest BCUT2D eigenvalue weighted by atomic mass is 79.9. The molecule has 1 aliphatic rings. The Balaban J connectivity index is 1.95. The Morgan fingerprint density at radius 3 is 2.36 bits per heavy atom. The van der Waals surface area contributed by atoms with Crippen LogP contribution in [0.1, 0.15) is 5.56 Å². The molecule has 4 rings (SSSR count). The summed E-state index contributed by atoms with van der Waals surface area (Å²) in [6.45, 7) is 2.12. The number of para-hydroxylation sites is 1. The highest BCUT2D eigenvalue weighted by Gasteiger charge is 2.24. The Kier molecular flexibility index (Phi) is 3.47. The molecule has 0 amide bonds. The molecule has 1 aliphatic heterocycles. The second kappa shape index (κ2) is 5.49. The molecule has 0 bridgehead atoms. The van der Waals surface area contributed by atoms with Crippen molar-refractivity contribution < 1.29 is 0 Å². The third kappa shape index (κ3) is 2.34. The van der Waals surface area contributed by atoms with E-state index in [0.717, 1.165) is 4.47 Å². The van der Waals surface area contributed by atoms with Gasteiger partial charge in [0.2, 0.25) is 0 Å². The van der Waals surface area contributed by atoms with E-state index in [1.54, 1.807) is 0 Å². The van der Waals surface area contributed by atoms with Gasteiger partial charge >= 0.3 is 0 Å². The number of anilines is 3. The van der Waals surface area contributed by atoms with Gasteiger partial charge in [0, 0.05) is 20.0 Å². The van der Waals surface area contributed by atoms with Crippen LogP contribution < -0.4 is 4.90 Å². The van der Waals surface area contributed by atoms with Crippen molar-refractivity contribution in [2.75, 3.05) is 4.90 Å². The lowest BCUT2D eigenvalue weighted by Gasteiger charge is -2.33. The van der Waals surface area contributed by atoms with Crippen molar-refractivity contribution in [2.24, 2.45) is 0 Å². The summed E-state index contributed by atoms with van der Waals surface area (Å²) in [5.41, 5.74) is 4.95. The third-order valence-corrected chi connectivity index (χ3v) is 5.39. The summed E-state index contributed by atoms with van der Waals surface area (Å²) in [5, 5.41) is 0. The van der Waals surface area contributed by atoms with Gasteiger partial charge in [-0.1, -0.05) is 57.5 Å². The molecule has 1 nitrogen and oxygen atoms in total. The zero-order valence-electron chi connectivity index (χ0n) is 12.1. The fourth-order valence-electron chi connectivity index (χ4n) is 2.70. The Hall–Kier alpha value is -1.71. The third-order valence-electron chi connectivity index (χ3n) is 3.78. The van der Waals surface area contributed by atoms with E-state index in [2.05, 4.69) is 94.5 Å². The number of nitrogens with zero attached hydrogens (tertiary/aromatic N) is 1. The molecule has 0 aliphatic carbocycles. The van der Waals surface area contributed by atoms with Gasteiger partial charge < -0.3 is 4.90 Å². The van der Waals surface area contributed by atoms with E-state index < -0.39 is 0 Å². The highest BCUT2D eigenvalue weighted by molar-refractivity contribution is 9.10. The molecule has 0 fully saturated rings. The molecule has 3 aromatic carbocycles. The maximum absolute atomic E-state index is 3.58. The van der Waals surface area contributed by atoms with Crippen LogP contribution in [0.15, 0.2) is 81.0 Å². The van der Waals surface area contributed by atoms with Crippen LogP contribution >= 0.6 is 27.7 Å². The number of hydrogen-bond donors (Lipinski definition) is 0. The minimum atomic E-state index is 1.11. The van der Waals surface area contributed by atoms with Crippen molar-refractivity contribution in [3.63, 3.8) is 0 Å². The summed E-state index contributed by atoms with van der Waals surface area (Å²) >= 11 is 5.41. The molecule has 0 atom stereocenters. The van der Waals surface area contributed by atoms with Gasteiger partial charge in [-0.3, -0.25) is 0 Å². The number of hydrogen-bond acceptors (Lipinski definition) is 2. The minimum Gasteiger partial charge on any atom is -0.308 e. The standard InChI is InChI=1S/C19H14BrNS/c1-13-6-9-15(10-7-13)21-16-4-2-3-5-18(16)22-19-12-14(20)8-11-17(19)21/h2-12H,1H3. The molecule has 3 aromatic rings. The molecule has 22 heavy (non-hydrogen) atoms. The first-order valence-corrected chi connectivity index (χ1v) is 8.76. The van der Waals surface area contributed by atoms with Gasteiger partial charge in [0.1, 0.15) is 0 Å². The molecule has 0 aromatic heterocycles. The van der Waals surface area contributed by atoms with Crippen LogP contribution in [-0.2, 0) is 0 Å². The van der Waals surface area contributed by atoms with E-state index in [9.17, 15) is 0 Å². The summed E-state index contributed by atoms with van der Waals surface area (Å²) < 4.78 is 1.11. The van der Waals surface area contributed by atoms with E-state index in [1.165, 1.54) is 32.4 Å². The first-order valence-electron chi connectivity index (χ1n) is 7.15. The summed E-state index contributed by atoms with van der Waals surface area (Å²) in [6, 6.07) is 23.8. The Morgan fingerprint density at radius 2 is 1.55 bits per heavy atom. The zero-order valence-corrected chi connectivity index (χ0v) is 14.5. The van der Waals surface area contributed by atoms with Gasteiger partial charge in [-0.2, -0.15) is 0 Å². The van der Waals surface area contributed by atoms with Crippen molar-refractivity contribution in [1.29, 1.82) is 0 Å². The summed E-state index contributed by atoms with van der Waals surface area (Å²) in [4.78, 5) is 4.90. The molecule has 0 unspecified atom stereocenters. The highest BCUT2D eigenvalue weighted by Crippen LogP contribution is 2.51. The number of rotatable bonds is 1. The second-order valence-electron chi connectivity index (χ2n) is 5.35. The molecule has 108 valence electrons. The number of halogens is 1. The van der Waals surface area contributed by atoms with Gasteiger partial charge in [-0.25, -0.2) is 0 Å². The predicted octanol–water partition coefficient (Wildman–Crippen LogP) is 6.69. The molecule has 0 saturated carbocycles. The van der Waals surface area contributed by atoms with Gasteiger partial charge in [0.05, 0.1) is 11.4 Å². The Labute approximate surface area is 143 Å². The normalized spacial score (nSPS) is 12.7. The second-order valence-corrected chi connectivity index (χ2v) is 7.35. The van der Waals surface area contributed by atoms with Crippen LogP contribution in [0.2, 0.25) is 0 Å². The SMILES string of the molecule is Cc1ccc(N2c3ccccc3Sc3cc(Br)ccc32)cc1. The van der Waals surface area contributed by atoms with Crippen molar-refractivity contribution in [2.45, 2.75) is 16.7 Å². The van der Waals surface area contributed by atoms with Crippen molar-refractivity contribution in [1.82, 2.24) is 0 Å². The molecule has 1 heterocycles. The van der Waals surface area contributed by atoms with E-state index in [-0.39, 0.29) is 0 Å². The van der Waals surface area contributed by atoms with Crippen LogP contribution in [0.25, 0.3) is 0 Å². The summed E-state index contributed by atoms with van der Waals surface area (Å²) in [5.74, 6) is 0. The smallest absolute Gasteiger partial charge is 0.0602 e. The number of fused-ring (bicyclic) bond motifs is 2. The monoisotopic (exact) mass is 367 g/mol. The molecular weight excluding hydrogens is 354 g/mol. The van der Waals surface area contributed by atoms with Gasteiger partial charge in [0.15, 0.2) is 0 Å². The Morgan fingerprint density at radius 1 is 0.818 bits per heavy atom. The fourth-order valence-corrected chi connectivity index (χ4v) is 4.31. The van der Waals surface area contributed by atoms with Crippen LogP contribution in [0.5, 0.6) is 0 Å². The van der Waals surface area contributed by atoms with Gasteiger partial charge in [0.25, 0.3) is 0 Å². The van der Waals surface area contributed by atoms with Crippen LogP contribution in [0.3, 0.4) is 0 Å². The first-order chi connectivity index (χ1) is 10.7. The van der Waals surface area contributed by atoms with Crippen molar-refractivity contribution in [3.05, 3.63) is 76.8 Å². The van der Waals surface area contributed by atoms with E-state index in [4.69, 9.17) is 0 Å².